The van der Waals surface area contributed by atoms with E-state index >= 15 is 0 Å². The van der Waals surface area contributed by atoms with Crippen LogP contribution in [-0.2, 0) is 9.53 Å². The fourth-order valence-electron chi connectivity index (χ4n) is 2.51. The van der Waals surface area contributed by atoms with Crippen molar-refractivity contribution in [3.8, 4) is 17.2 Å². The molecular weight excluding hydrogens is 341 g/mol. The molecule has 0 aliphatic carbocycles. The van der Waals surface area contributed by atoms with E-state index in [2.05, 4.69) is 4.99 Å². The Morgan fingerprint density at radius 3 is 2.27 bits per heavy atom. The molecule has 6 nitrogen and oxygen atoms in total. The SMILES string of the molecule is COc1ccc(/C=C2\N=C(c3ccc(F)cc3)OC2=O)c(OC)c1OC. The van der Waals surface area contributed by atoms with Crippen molar-refractivity contribution in [2.75, 3.05) is 21.3 Å². The zero-order valence-corrected chi connectivity index (χ0v) is 14.4. The van der Waals surface area contributed by atoms with Crippen LogP contribution in [0.3, 0.4) is 0 Å². The molecule has 0 aromatic heterocycles. The summed E-state index contributed by atoms with van der Waals surface area (Å²) in [6.07, 6.45) is 1.53. The molecule has 1 aliphatic rings. The fraction of sp³-hybridized carbons (Fsp3) is 0.158. The second-order valence-corrected chi connectivity index (χ2v) is 5.27. The number of carbonyl (C=O) groups is 1. The summed E-state index contributed by atoms with van der Waals surface area (Å²) >= 11 is 0. The van der Waals surface area contributed by atoms with Crippen LogP contribution in [-0.4, -0.2) is 33.2 Å². The van der Waals surface area contributed by atoms with Crippen molar-refractivity contribution in [3.63, 3.8) is 0 Å². The minimum atomic E-state index is -0.610. The van der Waals surface area contributed by atoms with Crippen LogP contribution in [0.2, 0.25) is 0 Å². The average Bonchev–Trinajstić information content (AvgIpc) is 3.02. The largest absolute Gasteiger partial charge is 0.493 e. The van der Waals surface area contributed by atoms with E-state index < -0.39 is 5.97 Å². The average molecular weight is 357 g/mol. The third kappa shape index (κ3) is 3.23. The second kappa shape index (κ2) is 7.26. The van der Waals surface area contributed by atoms with Gasteiger partial charge in [-0.15, -0.1) is 0 Å². The highest BCUT2D eigenvalue weighted by Crippen LogP contribution is 2.40. The molecule has 0 unspecified atom stereocenters. The molecule has 3 rings (SSSR count). The number of rotatable bonds is 5. The van der Waals surface area contributed by atoms with E-state index in [0.717, 1.165) is 0 Å². The first-order chi connectivity index (χ1) is 12.6. The van der Waals surface area contributed by atoms with Gasteiger partial charge in [0.15, 0.2) is 17.2 Å². The number of hydrogen-bond acceptors (Lipinski definition) is 6. The molecule has 0 N–H and O–H groups in total. The molecule has 0 atom stereocenters. The Hall–Kier alpha value is -3.35. The minimum absolute atomic E-state index is 0.0924. The van der Waals surface area contributed by atoms with Gasteiger partial charge in [0.05, 0.1) is 21.3 Å². The molecule has 2 aromatic rings. The molecule has 0 fully saturated rings. The first-order valence-electron chi connectivity index (χ1n) is 7.65. The molecule has 0 amide bonds. The number of methoxy groups -OCH3 is 3. The topological polar surface area (TPSA) is 66.4 Å². The van der Waals surface area contributed by atoms with Crippen LogP contribution < -0.4 is 14.2 Å². The standard InChI is InChI=1S/C19H16FNO5/c1-23-15-9-6-12(16(24-2)17(15)25-3)10-14-19(22)26-18(21-14)11-4-7-13(20)8-5-11/h4-10H,1-3H3/b14-10-. The Morgan fingerprint density at radius 2 is 1.65 bits per heavy atom. The van der Waals surface area contributed by atoms with Crippen LogP contribution >= 0.6 is 0 Å². The van der Waals surface area contributed by atoms with E-state index in [1.807, 2.05) is 0 Å². The Labute approximate surface area is 149 Å². The van der Waals surface area contributed by atoms with Crippen molar-refractivity contribution >= 4 is 17.9 Å². The zero-order valence-electron chi connectivity index (χ0n) is 14.4. The molecule has 0 radical (unpaired) electrons. The lowest BCUT2D eigenvalue weighted by molar-refractivity contribution is -0.129. The highest BCUT2D eigenvalue weighted by Gasteiger charge is 2.25. The molecule has 134 valence electrons. The number of halogens is 1. The van der Waals surface area contributed by atoms with Crippen LogP contribution in [0, 0.1) is 5.82 Å². The lowest BCUT2D eigenvalue weighted by Gasteiger charge is -2.14. The van der Waals surface area contributed by atoms with Gasteiger partial charge in [0.1, 0.15) is 5.82 Å². The molecule has 0 saturated heterocycles. The summed E-state index contributed by atoms with van der Waals surface area (Å²) in [5.41, 5.74) is 1.17. The van der Waals surface area contributed by atoms with Crippen LogP contribution in [0.5, 0.6) is 17.2 Å². The van der Waals surface area contributed by atoms with Crippen molar-refractivity contribution in [2.45, 2.75) is 0 Å². The summed E-state index contributed by atoms with van der Waals surface area (Å²) in [7, 11) is 4.49. The van der Waals surface area contributed by atoms with E-state index in [1.165, 1.54) is 51.7 Å². The normalized spacial score (nSPS) is 14.8. The Morgan fingerprint density at radius 1 is 0.962 bits per heavy atom. The summed E-state index contributed by atoms with van der Waals surface area (Å²) < 4.78 is 34.2. The lowest BCUT2D eigenvalue weighted by atomic mass is 10.1. The number of benzene rings is 2. The van der Waals surface area contributed by atoms with Crippen molar-refractivity contribution < 1.29 is 28.1 Å². The van der Waals surface area contributed by atoms with Crippen molar-refractivity contribution in [1.29, 1.82) is 0 Å². The lowest BCUT2D eigenvalue weighted by Crippen LogP contribution is -2.05. The number of ether oxygens (including phenoxy) is 4. The van der Waals surface area contributed by atoms with Crippen LogP contribution in [0.4, 0.5) is 4.39 Å². The first-order valence-corrected chi connectivity index (χ1v) is 7.65. The molecular formula is C19H16FNO5. The predicted molar refractivity (Wildman–Crippen MR) is 93.1 cm³/mol. The maximum absolute atomic E-state index is 13.0. The van der Waals surface area contributed by atoms with Crippen LogP contribution in [0.15, 0.2) is 47.1 Å². The number of hydrogen-bond donors (Lipinski definition) is 0. The summed E-state index contributed by atoms with van der Waals surface area (Å²) in [6.45, 7) is 0. The van der Waals surface area contributed by atoms with Gasteiger partial charge < -0.3 is 18.9 Å². The van der Waals surface area contributed by atoms with Crippen molar-refractivity contribution in [3.05, 3.63) is 59.0 Å². The minimum Gasteiger partial charge on any atom is -0.493 e. The monoisotopic (exact) mass is 357 g/mol. The summed E-state index contributed by atoms with van der Waals surface area (Å²) in [6, 6.07) is 8.92. The number of carbonyl (C=O) groups excluding carboxylic acids is 1. The molecule has 0 saturated carbocycles. The van der Waals surface area contributed by atoms with Gasteiger partial charge in [-0.2, -0.15) is 0 Å². The molecule has 2 aromatic carbocycles. The third-order valence-corrected chi connectivity index (χ3v) is 3.74. The van der Waals surface area contributed by atoms with Crippen LogP contribution in [0.1, 0.15) is 11.1 Å². The molecule has 0 bridgehead atoms. The van der Waals surface area contributed by atoms with E-state index in [9.17, 15) is 9.18 Å². The molecule has 26 heavy (non-hydrogen) atoms. The summed E-state index contributed by atoms with van der Waals surface area (Å²) in [4.78, 5) is 16.3. The highest BCUT2D eigenvalue weighted by atomic mass is 19.1. The second-order valence-electron chi connectivity index (χ2n) is 5.27. The maximum atomic E-state index is 13.0. The highest BCUT2D eigenvalue weighted by molar-refractivity contribution is 6.13. The maximum Gasteiger partial charge on any atom is 0.363 e. The molecule has 1 heterocycles. The zero-order chi connectivity index (χ0) is 18.7. The van der Waals surface area contributed by atoms with Gasteiger partial charge in [0, 0.05) is 11.1 Å². The summed E-state index contributed by atoms with van der Waals surface area (Å²) in [5, 5.41) is 0. The quantitative estimate of drug-likeness (QED) is 0.607. The summed E-state index contributed by atoms with van der Waals surface area (Å²) in [5.74, 6) is 0.415. The van der Waals surface area contributed by atoms with E-state index in [0.29, 0.717) is 28.4 Å². The van der Waals surface area contributed by atoms with Crippen molar-refractivity contribution in [1.82, 2.24) is 0 Å². The smallest absolute Gasteiger partial charge is 0.363 e. The van der Waals surface area contributed by atoms with Gasteiger partial charge >= 0.3 is 5.97 Å². The predicted octanol–water partition coefficient (Wildman–Crippen LogP) is 3.20. The Bertz CT molecular complexity index is 903. The van der Waals surface area contributed by atoms with Gasteiger partial charge in [0.25, 0.3) is 0 Å². The van der Waals surface area contributed by atoms with Gasteiger partial charge in [-0.05, 0) is 42.5 Å². The van der Waals surface area contributed by atoms with Gasteiger partial charge in [0.2, 0.25) is 11.6 Å². The van der Waals surface area contributed by atoms with E-state index in [-0.39, 0.29) is 17.4 Å². The number of aliphatic imine (C=N–C) groups is 1. The number of nitrogens with zero attached hydrogens (tertiary/aromatic N) is 1. The Kier molecular flexibility index (Phi) is 4.88. The van der Waals surface area contributed by atoms with E-state index in [4.69, 9.17) is 18.9 Å². The van der Waals surface area contributed by atoms with E-state index in [1.54, 1.807) is 12.1 Å². The van der Waals surface area contributed by atoms with Gasteiger partial charge in [-0.25, -0.2) is 14.2 Å². The van der Waals surface area contributed by atoms with Gasteiger partial charge in [-0.3, -0.25) is 0 Å². The van der Waals surface area contributed by atoms with Crippen LogP contribution in [0.25, 0.3) is 6.08 Å². The van der Waals surface area contributed by atoms with Gasteiger partial charge in [-0.1, -0.05) is 0 Å². The molecule has 0 spiro atoms. The Balaban J connectivity index is 2.02. The first kappa shape index (κ1) is 17.5. The third-order valence-electron chi connectivity index (χ3n) is 3.74. The number of cyclic esters (lactones) is 1. The van der Waals surface area contributed by atoms with Crippen molar-refractivity contribution in [2.24, 2.45) is 4.99 Å². The number of esters is 1. The fourth-order valence-corrected chi connectivity index (χ4v) is 2.51. The molecule has 1 aliphatic heterocycles. The molecule has 7 heteroatoms.